The van der Waals surface area contributed by atoms with Gasteiger partial charge in [-0.3, -0.25) is 9.97 Å². The Morgan fingerprint density at radius 2 is 2.00 bits per heavy atom. The van der Waals surface area contributed by atoms with Gasteiger partial charge in [0.05, 0.1) is 11.0 Å². The molecule has 1 atom stereocenters. The molecule has 0 radical (unpaired) electrons. The minimum absolute atomic E-state index is 0.0569. The van der Waals surface area contributed by atoms with E-state index in [9.17, 15) is 0 Å². The number of nitrogens with two attached hydrogens (primary N) is 1. The molecular weight excluding hydrogens is 242 g/mol. The van der Waals surface area contributed by atoms with Gasteiger partial charge in [0.15, 0.2) is 0 Å². The Hall–Kier alpha value is -2.34. The van der Waals surface area contributed by atoms with Crippen LogP contribution in [0.15, 0.2) is 35.1 Å². The van der Waals surface area contributed by atoms with E-state index in [1.165, 1.54) is 0 Å². The van der Waals surface area contributed by atoms with Crippen LogP contribution in [0.1, 0.15) is 18.7 Å². The van der Waals surface area contributed by atoms with Gasteiger partial charge in [-0.05, 0) is 18.2 Å². The standard InChI is InChI=1S/C13H13N5O/c1-8(7-14)13-17-12(18-19-13)9-2-3-10-11(6-9)16-5-4-15-10/h2-6,8H,7,14H2,1H3. The molecule has 3 aromatic rings. The molecule has 0 spiro atoms. The summed E-state index contributed by atoms with van der Waals surface area (Å²) < 4.78 is 5.21. The van der Waals surface area contributed by atoms with Crippen LogP contribution in [-0.2, 0) is 0 Å². The molecule has 1 aromatic carbocycles. The van der Waals surface area contributed by atoms with Crippen molar-refractivity contribution in [2.24, 2.45) is 5.73 Å². The van der Waals surface area contributed by atoms with Crippen LogP contribution in [0.3, 0.4) is 0 Å². The fraction of sp³-hybridized carbons (Fsp3) is 0.231. The van der Waals surface area contributed by atoms with E-state index in [0.717, 1.165) is 16.6 Å². The van der Waals surface area contributed by atoms with Crippen molar-refractivity contribution in [1.29, 1.82) is 0 Å². The first-order chi connectivity index (χ1) is 9.28. The molecule has 0 saturated heterocycles. The first-order valence-corrected chi connectivity index (χ1v) is 6.03. The second kappa shape index (κ2) is 4.74. The van der Waals surface area contributed by atoms with E-state index < -0.39 is 0 Å². The smallest absolute Gasteiger partial charge is 0.231 e. The quantitative estimate of drug-likeness (QED) is 0.766. The Balaban J connectivity index is 2.01. The molecule has 6 heteroatoms. The Labute approximate surface area is 109 Å². The SMILES string of the molecule is CC(CN)c1nc(-c2ccc3nccnc3c2)no1. The van der Waals surface area contributed by atoms with E-state index in [1.807, 2.05) is 25.1 Å². The Morgan fingerprint density at radius 1 is 1.21 bits per heavy atom. The van der Waals surface area contributed by atoms with Gasteiger partial charge in [0.2, 0.25) is 11.7 Å². The van der Waals surface area contributed by atoms with Crippen molar-refractivity contribution in [1.82, 2.24) is 20.1 Å². The molecule has 2 heterocycles. The number of benzene rings is 1. The lowest BCUT2D eigenvalue weighted by Gasteiger charge is -1.99. The van der Waals surface area contributed by atoms with Gasteiger partial charge in [0.1, 0.15) is 0 Å². The first-order valence-electron chi connectivity index (χ1n) is 6.03. The maximum Gasteiger partial charge on any atom is 0.231 e. The summed E-state index contributed by atoms with van der Waals surface area (Å²) in [6.45, 7) is 2.42. The predicted molar refractivity (Wildman–Crippen MR) is 70.3 cm³/mol. The molecule has 0 fully saturated rings. The molecule has 0 aliphatic heterocycles. The fourth-order valence-electron chi connectivity index (χ4n) is 1.76. The molecule has 2 N–H and O–H groups in total. The van der Waals surface area contributed by atoms with E-state index in [-0.39, 0.29) is 5.92 Å². The molecule has 3 rings (SSSR count). The van der Waals surface area contributed by atoms with E-state index in [0.29, 0.717) is 18.3 Å². The summed E-state index contributed by atoms with van der Waals surface area (Å²) in [5.74, 6) is 1.15. The summed E-state index contributed by atoms with van der Waals surface area (Å²) in [7, 11) is 0. The molecule has 0 aliphatic carbocycles. The molecule has 19 heavy (non-hydrogen) atoms. The average Bonchev–Trinajstić information content (AvgIpc) is 2.95. The fourth-order valence-corrected chi connectivity index (χ4v) is 1.76. The zero-order valence-electron chi connectivity index (χ0n) is 10.4. The summed E-state index contributed by atoms with van der Waals surface area (Å²) in [5, 5.41) is 3.97. The van der Waals surface area contributed by atoms with Crippen LogP contribution in [0.5, 0.6) is 0 Å². The number of fused-ring (bicyclic) bond motifs is 1. The van der Waals surface area contributed by atoms with Crippen molar-refractivity contribution < 1.29 is 4.52 Å². The van der Waals surface area contributed by atoms with E-state index in [1.54, 1.807) is 12.4 Å². The molecule has 6 nitrogen and oxygen atoms in total. The maximum atomic E-state index is 5.58. The van der Waals surface area contributed by atoms with Crippen LogP contribution < -0.4 is 5.73 Å². The highest BCUT2D eigenvalue weighted by Crippen LogP contribution is 2.21. The molecular formula is C13H13N5O. The maximum absolute atomic E-state index is 5.58. The second-order valence-corrected chi connectivity index (χ2v) is 4.35. The van der Waals surface area contributed by atoms with E-state index in [4.69, 9.17) is 10.3 Å². The van der Waals surface area contributed by atoms with Gasteiger partial charge >= 0.3 is 0 Å². The molecule has 1 unspecified atom stereocenters. The van der Waals surface area contributed by atoms with Gasteiger partial charge in [-0.2, -0.15) is 4.98 Å². The summed E-state index contributed by atoms with van der Waals surface area (Å²) in [6.07, 6.45) is 3.32. The van der Waals surface area contributed by atoms with Gasteiger partial charge in [0.25, 0.3) is 0 Å². The Morgan fingerprint density at radius 3 is 2.79 bits per heavy atom. The van der Waals surface area contributed by atoms with Crippen molar-refractivity contribution in [2.45, 2.75) is 12.8 Å². The van der Waals surface area contributed by atoms with Crippen LogP contribution in [0, 0.1) is 0 Å². The van der Waals surface area contributed by atoms with Crippen molar-refractivity contribution >= 4 is 11.0 Å². The van der Waals surface area contributed by atoms with Gasteiger partial charge in [-0.25, -0.2) is 0 Å². The summed E-state index contributed by atoms with van der Waals surface area (Å²) in [6, 6.07) is 5.68. The number of nitrogens with zero attached hydrogens (tertiary/aromatic N) is 4. The zero-order valence-corrected chi connectivity index (χ0v) is 10.4. The van der Waals surface area contributed by atoms with Crippen molar-refractivity contribution in [2.75, 3.05) is 6.54 Å². The third-order valence-corrected chi connectivity index (χ3v) is 2.94. The van der Waals surface area contributed by atoms with Crippen LogP contribution in [0.25, 0.3) is 22.4 Å². The lowest BCUT2D eigenvalue weighted by Crippen LogP contribution is -2.08. The third kappa shape index (κ3) is 2.17. The van der Waals surface area contributed by atoms with Gasteiger partial charge < -0.3 is 10.3 Å². The number of rotatable bonds is 3. The molecule has 0 saturated carbocycles. The lowest BCUT2D eigenvalue weighted by molar-refractivity contribution is 0.361. The van der Waals surface area contributed by atoms with E-state index >= 15 is 0 Å². The second-order valence-electron chi connectivity index (χ2n) is 4.35. The van der Waals surface area contributed by atoms with Gasteiger partial charge in [-0.1, -0.05) is 12.1 Å². The largest absolute Gasteiger partial charge is 0.339 e. The van der Waals surface area contributed by atoms with Crippen LogP contribution >= 0.6 is 0 Å². The van der Waals surface area contributed by atoms with Crippen molar-refractivity contribution in [3.05, 3.63) is 36.5 Å². The predicted octanol–water partition coefficient (Wildman–Crippen LogP) is 1.74. The normalized spacial score (nSPS) is 12.7. The number of aromatic nitrogens is 4. The van der Waals surface area contributed by atoms with Gasteiger partial charge in [-0.15, -0.1) is 0 Å². The highest BCUT2D eigenvalue weighted by molar-refractivity contribution is 5.79. The Bertz CT molecular complexity index is 709. The lowest BCUT2D eigenvalue weighted by atomic mass is 10.1. The van der Waals surface area contributed by atoms with Crippen LogP contribution in [0.2, 0.25) is 0 Å². The third-order valence-electron chi connectivity index (χ3n) is 2.94. The van der Waals surface area contributed by atoms with E-state index in [2.05, 4.69) is 20.1 Å². The highest BCUT2D eigenvalue weighted by Gasteiger charge is 2.14. The average molecular weight is 255 g/mol. The highest BCUT2D eigenvalue weighted by atomic mass is 16.5. The molecule has 96 valence electrons. The summed E-state index contributed by atoms with van der Waals surface area (Å²) >= 11 is 0. The molecule has 2 aromatic heterocycles. The van der Waals surface area contributed by atoms with Crippen molar-refractivity contribution in [3.63, 3.8) is 0 Å². The summed E-state index contributed by atoms with van der Waals surface area (Å²) in [5.41, 5.74) is 8.08. The Kier molecular flexibility index (Phi) is 2.92. The molecule has 0 amide bonds. The molecule has 0 aliphatic rings. The van der Waals surface area contributed by atoms with Gasteiger partial charge in [0, 0.05) is 30.4 Å². The zero-order chi connectivity index (χ0) is 13.2. The minimum atomic E-state index is 0.0569. The monoisotopic (exact) mass is 255 g/mol. The van der Waals surface area contributed by atoms with Crippen molar-refractivity contribution in [3.8, 4) is 11.4 Å². The molecule has 0 bridgehead atoms. The topological polar surface area (TPSA) is 90.7 Å². The summed E-state index contributed by atoms with van der Waals surface area (Å²) in [4.78, 5) is 12.8. The van der Waals surface area contributed by atoms with Crippen LogP contribution in [-0.4, -0.2) is 26.7 Å². The van der Waals surface area contributed by atoms with Crippen LogP contribution in [0.4, 0.5) is 0 Å². The number of hydrogen-bond acceptors (Lipinski definition) is 6. The number of hydrogen-bond donors (Lipinski definition) is 1. The first kappa shape index (κ1) is 11.7. The minimum Gasteiger partial charge on any atom is -0.339 e.